The largest absolute Gasteiger partial charge is 0.376 e. The highest BCUT2D eigenvalue weighted by Crippen LogP contribution is 2.12. The van der Waals surface area contributed by atoms with Crippen LogP contribution in [0.25, 0.3) is 0 Å². The summed E-state index contributed by atoms with van der Waals surface area (Å²) in [4.78, 5) is 23.9. The Bertz CT molecular complexity index is 735. The Morgan fingerprint density at radius 3 is 2.04 bits per heavy atom. The third-order valence-electron chi connectivity index (χ3n) is 3.22. The highest BCUT2D eigenvalue weighted by Gasteiger charge is 2.15. The summed E-state index contributed by atoms with van der Waals surface area (Å²) >= 11 is 0. The maximum atomic E-state index is 12.8. The minimum Gasteiger partial charge on any atom is -0.376 e. The van der Waals surface area contributed by atoms with E-state index in [0.717, 1.165) is 5.69 Å². The van der Waals surface area contributed by atoms with Crippen LogP contribution in [-0.2, 0) is 4.79 Å². The summed E-state index contributed by atoms with van der Waals surface area (Å²) < 4.78 is 12.8. The topological polar surface area (TPSA) is 70.2 Å². The Hall–Kier alpha value is -2.89. The lowest BCUT2D eigenvalue weighted by Crippen LogP contribution is -2.40. The normalized spacial score (nSPS) is 10.9. The number of amides is 2. The van der Waals surface area contributed by atoms with Gasteiger partial charge in [-0.15, -0.1) is 0 Å². The molecule has 0 aliphatic heterocycles. The predicted octanol–water partition coefficient (Wildman–Crippen LogP) is 3.40. The van der Waals surface area contributed by atoms with Gasteiger partial charge in [-0.3, -0.25) is 9.59 Å². The summed E-state index contributed by atoms with van der Waals surface area (Å²) in [6.45, 7) is 5.81. The van der Waals surface area contributed by atoms with Gasteiger partial charge in [0.2, 0.25) is 5.91 Å². The van der Waals surface area contributed by atoms with E-state index in [1.165, 1.54) is 24.3 Å². The minimum absolute atomic E-state index is 0.0604. The van der Waals surface area contributed by atoms with Crippen molar-refractivity contribution in [2.24, 2.45) is 0 Å². The van der Waals surface area contributed by atoms with Crippen LogP contribution in [0.5, 0.6) is 0 Å². The molecule has 6 heteroatoms. The van der Waals surface area contributed by atoms with Crippen molar-refractivity contribution in [3.05, 3.63) is 59.9 Å². The summed E-state index contributed by atoms with van der Waals surface area (Å²) in [6.07, 6.45) is 0. The Labute approximate surface area is 146 Å². The number of nitrogens with one attached hydrogen (secondary N) is 3. The summed E-state index contributed by atoms with van der Waals surface area (Å²) in [7, 11) is 0. The van der Waals surface area contributed by atoms with Crippen molar-refractivity contribution < 1.29 is 14.0 Å². The summed E-state index contributed by atoms with van der Waals surface area (Å²) in [5.41, 5.74) is 1.51. The third kappa shape index (κ3) is 6.25. The van der Waals surface area contributed by atoms with Gasteiger partial charge < -0.3 is 16.0 Å². The van der Waals surface area contributed by atoms with Gasteiger partial charge in [0.25, 0.3) is 5.91 Å². The van der Waals surface area contributed by atoms with E-state index in [2.05, 4.69) is 16.0 Å². The molecular formula is C19H22FN3O2. The molecule has 2 aromatic rings. The lowest BCUT2D eigenvalue weighted by atomic mass is 10.1. The maximum Gasteiger partial charge on any atom is 0.251 e. The van der Waals surface area contributed by atoms with Gasteiger partial charge in [-0.1, -0.05) is 0 Å². The SMILES string of the molecule is CC(C)(C)NC(=O)c1ccc(NCC(=O)Nc2ccc(F)cc2)cc1. The van der Waals surface area contributed by atoms with E-state index in [9.17, 15) is 14.0 Å². The summed E-state index contributed by atoms with van der Waals surface area (Å²) in [6, 6.07) is 12.4. The highest BCUT2D eigenvalue weighted by atomic mass is 19.1. The second-order valence-electron chi connectivity index (χ2n) is 6.69. The molecule has 2 aromatic carbocycles. The quantitative estimate of drug-likeness (QED) is 0.779. The van der Waals surface area contributed by atoms with E-state index in [4.69, 9.17) is 0 Å². The van der Waals surface area contributed by atoms with Gasteiger partial charge in [0.05, 0.1) is 6.54 Å². The van der Waals surface area contributed by atoms with E-state index in [1.54, 1.807) is 24.3 Å². The molecule has 0 bridgehead atoms. The maximum absolute atomic E-state index is 12.8. The number of benzene rings is 2. The third-order valence-corrected chi connectivity index (χ3v) is 3.22. The fourth-order valence-electron chi connectivity index (χ4n) is 2.07. The van der Waals surface area contributed by atoms with Crippen molar-refractivity contribution in [1.29, 1.82) is 0 Å². The predicted molar refractivity (Wildman–Crippen MR) is 97.2 cm³/mol. The van der Waals surface area contributed by atoms with Crippen LogP contribution in [0.4, 0.5) is 15.8 Å². The van der Waals surface area contributed by atoms with Crippen LogP contribution in [0.15, 0.2) is 48.5 Å². The first-order valence-electron chi connectivity index (χ1n) is 7.95. The number of hydrogen-bond acceptors (Lipinski definition) is 3. The van der Waals surface area contributed by atoms with Gasteiger partial charge in [0.1, 0.15) is 5.82 Å². The molecule has 3 N–H and O–H groups in total. The minimum atomic E-state index is -0.355. The molecule has 0 saturated carbocycles. The number of carbonyl (C=O) groups is 2. The average Bonchev–Trinajstić information content (AvgIpc) is 2.54. The molecule has 0 aliphatic rings. The van der Waals surface area contributed by atoms with Crippen LogP contribution in [0, 0.1) is 5.82 Å². The van der Waals surface area contributed by atoms with E-state index < -0.39 is 0 Å². The zero-order valence-electron chi connectivity index (χ0n) is 14.5. The molecule has 2 amide bonds. The number of carbonyl (C=O) groups excluding carboxylic acids is 2. The van der Waals surface area contributed by atoms with Crippen molar-refractivity contribution in [2.45, 2.75) is 26.3 Å². The highest BCUT2D eigenvalue weighted by molar-refractivity contribution is 5.95. The fraction of sp³-hybridized carbons (Fsp3) is 0.263. The first-order valence-corrected chi connectivity index (χ1v) is 7.95. The molecule has 0 saturated heterocycles. The second-order valence-corrected chi connectivity index (χ2v) is 6.69. The first kappa shape index (κ1) is 18.4. The molecule has 25 heavy (non-hydrogen) atoms. The van der Waals surface area contributed by atoms with Gasteiger partial charge in [0.15, 0.2) is 0 Å². The van der Waals surface area contributed by atoms with Gasteiger partial charge in [-0.25, -0.2) is 4.39 Å². The number of hydrogen-bond donors (Lipinski definition) is 3. The molecule has 5 nitrogen and oxygen atoms in total. The van der Waals surface area contributed by atoms with Crippen LogP contribution < -0.4 is 16.0 Å². The Morgan fingerprint density at radius 1 is 0.920 bits per heavy atom. The van der Waals surface area contributed by atoms with Crippen molar-refractivity contribution >= 4 is 23.2 Å². The van der Waals surface area contributed by atoms with E-state index in [0.29, 0.717) is 11.3 Å². The molecular weight excluding hydrogens is 321 g/mol. The number of halogens is 1. The molecule has 132 valence electrons. The second kappa shape index (κ2) is 7.79. The van der Waals surface area contributed by atoms with Gasteiger partial charge in [-0.2, -0.15) is 0 Å². The van der Waals surface area contributed by atoms with Gasteiger partial charge in [0, 0.05) is 22.5 Å². The lowest BCUT2D eigenvalue weighted by Gasteiger charge is -2.20. The molecule has 2 rings (SSSR count). The molecule has 0 aliphatic carbocycles. The Balaban J connectivity index is 1.85. The van der Waals surface area contributed by atoms with Crippen molar-refractivity contribution in [3.63, 3.8) is 0 Å². The molecule has 0 heterocycles. The zero-order valence-corrected chi connectivity index (χ0v) is 14.5. The van der Waals surface area contributed by atoms with Crippen LogP contribution >= 0.6 is 0 Å². The molecule has 0 spiro atoms. The van der Waals surface area contributed by atoms with Crippen molar-refractivity contribution in [2.75, 3.05) is 17.2 Å². The van der Waals surface area contributed by atoms with Gasteiger partial charge in [-0.05, 0) is 69.3 Å². The number of rotatable bonds is 5. The smallest absolute Gasteiger partial charge is 0.251 e. The molecule has 0 unspecified atom stereocenters. The van der Waals surface area contributed by atoms with Crippen LogP contribution in [-0.4, -0.2) is 23.9 Å². The van der Waals surface area contributed by atoms with Crippen molar-refractivity contribution in [1.82, 2.24) is 5.32 Å². The molecule has 0 radical (unpaired) electrons. The van der Waals surface area contributed by atoms with E-state index in [1.807, 2.05) is 20.8 Å². The van der Waals surface area contributed by atoms with Crippen LogP contribution in [0.3, 0.4) is 0 Å². The Morgan fingerprint density at radius 2 is 1.48 bits per heavy atom. The molecule has 0 fully saturated rings. The monoisotopic (exact) mass is 343 g/mol. The fourth-order valence-corrected chi connectivity index (χ4v) is 2.07. The molecule has 0 atom stereocenters. The standard InChI is InChI=1S/C19H22FN3O2/c1-19(2,3)23-18(25)13-4-8-15(9-5-13)21-12-17(24)22-16-10-6-14(20)7-11-16/h4-11,21H,12H2,1-3H3,(H,22,24)(H,23,25). The summed E-state index contributed by atoms with van der Waals surface area (Å²) in [5, 5.41) is 8.52. The van der Waals surface area contributed by atoms with Crippen LogP contribution in [0.2, 0.25) is 0 Å². The Kier molecular flexibility index (Phi) is 5.75. The average molecular weight is 343 g/mol. The van der Waals surface area contributed by atoms with Gasteiger partial charge >= 0.3 is 0 Å². The first-order chi connectivity index (χ1) is 11.7. The number of anilines is 2. The summed E-state index contributed by atoms with van der Waals surface area (Å²) in [5.74, 6) is -0.749. The van der Waals surface area contributed by atoms with E-state index >= 15 is 0 Å². The van der Waals surface area contributed by atoms with Crippen molar-refractivity contribution in [3.8, 4) is 0 Å². The lowest BCUT2D eigenvalue weighted by molar-refractivity contribution is -0.114. The zero-order chi connectivity index (χ0) is 18.4. The molecule has 0 aromatic heterocycles. The van der Waals surface area contributed by atoms with Crippen LogP contribution in [0.1, 0.15) is 31.1 Å². The van der Waals surface area contributed by atoms with E-state index in [-0.39, 0.29) is 29.7 Å².